The second-order valence-electron chi connectivity index (χ2n) is 4.63. The molecule has 1 N–H and O–H groups in total. The predicted molar refractivity (Wildman–Crippen MR) is 81.8 cm³/mol. The average molecular weight is 334 g/mol. The third-order valence-electron chi connectivity index (χ3n) is 3.03. The van der Waals surface area contributed by atoms with Gasteiger partial charge in [0.1, 0.15) is 5.82 Å². The lowest BCUT2D eigenvalue weighted by Gasteiger charge is -2.02. The zero-order valence-electron chi connectivity index (χ0n) is 11.5. The lowest BCUT2D eigenvalue weighted by molar-refractivity contribution is 0.102. The molecule has 2 aromatic carbocycles. The average Bonchev–Trinajstić information content (AvgIpc) is 2.98. The Labute approximate surface area is 133 Å². The number of carbonyl (C=O) groups excluding carboxylic acids is 1. The summed E-state index contributed by atoms with van der Waals surface area (Å²) in [5.41, 5.74) is 1.07. The smallest absolute Gasteiger partial charge is 0.257 e. The van der Waals surface area contributed by atoms with E-state index >= 15 is 0 Å². The number of hydrogen-bond donors (Lipinski definition) is 1. The molecule has 0 saturated heterocycles. The van der Waals surface area contributed by atoms with Crippen LogP contribution in [0.3, 0.4) is 0 Å². The van der Waals surface area contributed by atoms with E-state index in [0.29, 0.717) is 11.3 Å². The van der Waals surface area contributed by atoms with Crippen LogP contribution in [0.25, 0.3) is 11.3 Å². The Morgan fingerprint density at radius 1 is 1.04 bits per heavy atom. The molecule has 116 valence electrons. The van der Waals surface area contributed by atoms with Gasteiger partial charge in [0.2, 0.25) is 0 Å². The van der Waals surface area contributed by atoms with Crippen LogP contribution < -0.4 is 5.32 Å². The fourth-order valence-electron chi connectivity index (χ4n) is 1.92. The summed E-state index contributed by atoms with van der Waals surface area (Å²) in [6, 6.07) is 8.77. The summed E-state index contributed by atoms with van der Waals surface area (Å²) in [5, 5.41) is 4.43. The highest BCUT2D eigenvalue weighted by atomic mass is 32.1. The number of aromatic nitrogens is 1. The zero-order chi connectivity index (χ0) is 16.4. The van der Waals surface area contributed by atoms with E-state index < -0.39 is 17.5 Å². The second kappa shape index (κ2) is 6.21. The van der Waals surface area contributed by atoms with Crippen LogP contribution in [-0.4, -0.2) is 10.9 Å². The van der Waals surface area contributed by atoms with E-state index in [1.807, 2.05) is 0 Å². The molecule has 3 nitrogen and oxygen atoms in total. The van der Waals surface area contributed by atoms with Gasteiger partial charge in [0.15, 0.2) is 16.8 Å². The number of amides is 1. The highest BCUT2D eigenvalue weighted by molar-refractivity contribution is 7.14. The lowest BCUT2D eigenvalue weighted by atomic mass is 10.2. The number of thiazole rings is 1. The van der Waals surface area contributed by atoms with Gasteiger partial charge in [0.25, 0.3) is 5.91 Å². The van der Waals surface area contributed by atoms with E-state index in [4.69, 9.17) is 0 Å². The van der Waals surface area contributed by atoms with E-state index in [0.717, 1.165) is 23.5 Å². The van der Waals surface area contributed by atoms with Crippen LogP contribution in [0.15, 0.2) is 47.8 Å². The Bertz CT molecular complexity index is 879. The summed E-state index contributed by atoms with van der Waals surface area (Å²) in [6.45, 7) is 0. The fourth-order valence-corrected chi connectivity index (χ4v) is 2.63. The van der Waals surface area contributed by atoms with Crippen molar-refractivity contribution in [1.29, 1.82) is 0 Å². The highest BCUT2D eigenvalue weighted by Crippen LogP contribution is 2.25. The molecule has 3 rings (SSSR count). The van der Waals surface area contributed by atoms with E-state index in [1.165, 1.54) is 18.2 Å². The first-order valence-corrected chi connectivity index (χ1v) is 7.39. The number of carbonyl (C=O) groups is 1. The molecule has 0 spiro atoms. The molecule has 0 aliphatic carbocycles. The molecule has 0 unspecified atom stereocenters. The molecular weight excluding hydrogens is 325 g/mol. The van der Waals surface area contributed by atoms with Crippen molar-refractivity contribution in [3.8, 4) is 11.3 Å². The first-order chi connectivity index (χ1) is 11.0. The Morgan fingerprint density at radius 3 is 2.61 bits per heavy atom. The molecule has 0 radical (unpaired) electrons. The van der Waals surface area contributed by atoms with Gasteiger partial charge in [-0.3, -0.25) is 10.1 Å². The maximum atomic E-state index is 13.2. The molecule has 23 heavy (non-hydrogen) atoms. The molecule has 0 aliphatic rings. The summed E-state index contributed by atoms with van der Waals surface area (Å²) >= 11 is 1.15. The maximum Gasteiger partial charge on any atom is 0.257 e. The van der Waals surface area contributed by atoms with Crippen molar-refractivity contribution in [2.24, 2.45) is 0 Å². The van der Waals surface area contributed by atoms with Crippen molar-refractivity contribution >= 4 is 22.4 Å². The summed E-state index contributed by atoms with van der Waals surface area (Å²) in [6.07, 6.45) is 0. The largest absolute Gasteiger partial charge is 0.298 e. The molecule has 0 atom stereocenters. The quantitative estimate of drug-likeness (QED) is 0.767. The third-order valence-corrected chi connectivity index (χ3v) is 3.78. The van der Waals surface area contributed by atoms with Crippen molar-refractivity contribution in [2.45, 2.75) is 0 Å². The predicted octanol–water partition coefficient (Wildman–Crippen LogP) is 4.48. The first kappa shape index (κ1) is 15.2. The van der Waals surface area contributed by atoms with E-state index in [9.17, 15) is 18.0 Å². The van der Waals surface area contributed by atoms with Crippen LogP contribution in [0.1, 0.15) is 10.4 Å². The summed E-state index contributed by atoms with van der Waals surface area (Å²) in [5.74, 6) is -3.12. The van der Waals surface area contributed by atoms with Gasteiger partial charge in [-0.05, 0) is 30.3 Å². The molecule has 1 amide bonds. The third kappa shape index (κ3) is 3.40. The Hall–Kier alpha value is -2.67. The van der Waals surface area contributed by atoms with Gasteiger partial charge in [-0.25, -0.2) is 18.2 Å². The Balaban J connectivity index is 1.78. The first-order valence-electron chi connectivity index (χ1n) is 6.51. The SMILES string of the molecule is O=C(Nc1nc(-c2cccc(F)c2)cs1)c1ccc(F)c(F)c1. The topological polar surface area (TPSA) is 42.0 Å². The molecule has 7 heteroatoms. The van der Waals surface area contributed by atoms with Crippen LogP contribution in [0.4, 0.5) is 18.3 Å². The molecule has 3 aromatic rings. The standard InChI is InChI=1S/C16H9F3N2OS/c17-11-3-1-2-9(6-11)14-8-23-16(20-14)21-15(22)10-4-5-12(18)13(19)7-10/h1-8H,(H,20,21,22). The number of anilines is 1. The number of nitrogens with one attached hydrogen (secondary N) is 1. The van der Waals surface area contributed by atoms with Gasteiger partial charge >= 0.3 is 0 Å². The fraction of sp³-hybridized carbons (Fsp3) is 0. The number of benzene rings is 2. The van der Waals surface area contributed by atoms with Gasteiger partial charge < -0.3 is 0 Å². The monoisotopic (exact) mass is 334 g/mol. The van der Waals surface area contributed by atoms with Crippen LogP contribution in [0.2, 0.25) is 0 Å². The van der Waals surface area contributed by atoms with Crippen molar-refractivity contribution < 1.29 is 18.0 Å². The Morgan fingerprint density at radius 2 is 1.87 bits per heavy atom. The van der Waals surface area contributed by atoms with Crippen molar-refractivity contribution in [2.75, 3.05) is 5.32 Å². The number of rotatable bonds is 3. The minimum atomic E-state index is -1.10. The number of nitrogens with zero attached hydrogens (tertiary/aromatic N) is 1. The van der Waals surface area contributed by atoms with E-state index in [1.54, 1.807) is 17.5 Å². The summed E-state index contributed by atoms with van der Waals surface area (Å²) < 4.78 is 39.2. The molecule has 0 fully saturated rings. The van der Waals surface area contributed by atoms with Crippen LogP contribution in [-0.2, 0) is 0 Å². The summed E-state index contributed by atoms with van der Waals surface area (Å²) in [4.78, 5) is 16.2. The van der Waals surface area contributed by atoms with Gasteiger partial charge in [-0.15, -0.1) is 11.3 Å². The molecule has 0 saturated carbocycles. The normalized spacial score (nSPS) is 10.6. The van der Waals surface area contributed by atoms with Gasteiger partial charge in [0, 0.05) is 16.5 Å². The molecular formula is C16H9F3N2OS. The minimum absolute atomic E-state index is 0.0218. The molecule has 0 aliphatic heterocycles. The summed E-state index contributed by atoms with van der Waals surface area (Å²) in [7, 11) is 0. The van der Waals surface area contributed by atoms with Gasteiger partial charge in [-0.1, -0.05) is 12.1 Å². The molecule has 0 bridgehead atoms. The number of hydrogen-bond acceptors (Lipinski definition) is 3. The maximum absolute atomic E-state index is 13.2. The minimum Gasteiger partial charge on any atom is -0.298 e. The van der Waals surface area contributed by atoms with Gasteiger partial charge in [-0.2, -0.15) is 0 Å². The van der Waals surface area contributed by atoms with Crippen LogP contribution >= 0.6 is 11.3 Å². The molecule has 1 heterocycles. The lowest BCUT2D eigenvalue weighted by Crippen LogP contribution is -2.12. The van der Waals surface area contributed by atoms with Crippen LogP contribution in [0.5, 0.6) is 0 Å². The highest BCUT2D eigenvalue weighted by Gasteiger charge is 2.12. The van der Waals surface area contributed by atoms with Crippen molar-refractivity contribution in [3.05, 3.63) is 70.9 Å². The Kier molecular flexibility index (Phi) is 4.12. The van der Waals surface area contributed by atoms with Crippen molar-refractivity contribution in [3.63, 3.8) is 0 Å². The second-order valence-corrected chi connectivity index (χ2v) is 5.49. The molecule has 1 aromatic heterocycles. The van der Waals surface area contributed by atoms with Crippen LogP contribution in [0, 0.1) is 17.5 Å². The zero-order valence-corrected chi connectivity index (χ0v) is 12.3. The number of halogens is 3. The van der Waals surface area contributed by atoms with E-state index in [-0.39, 0.29) is 16.5 Å². The van der Waals surface area contributed by atoms with Crippen molar-refractivity contribution in [1.82, 2.24) is 4.98 Å². The van der Waals surface area contributed by atoms with Gasteiger partial charge in [0.05, 0.1) is 5.69 Å². The van der Waals surface area contributed by atoms with E-state index in [2.05, 4.69) is 10.3 Å².